The van der Waals surface area contributed by atoms with Crippen molar-refractivity contribution in [1.29, 1.82) is 0 Å². The third-order valence-electron chi connectivity index (χ3n) is 3.32. The Kier molecular flexibility index (Phi) is 3.95. The van der Waals surface area contributed by atoms with Crippen LogP contribution in [-0.2, 0) is 0 Å². The molecule has 0 spiro atoms. The fraction of sp³-hybridized carbons (Fsp3) is 0.250. The number of aryl methyl sites for hydroxylation is 1. The quantitative estimate of drug-likeness (QED) is 0.841. The van der Waals surface area contributed by atoms with E-state index in [1.54, 1.807) is 17.2 Å². The van der Waals surface area contributed by atoms with Crippen LogP contribution in [0.25, 0.3) is 0 Å². The molecule has 19 heavy (non-hydrogen) atoms. The van der Waals surface area contributed by atoms with Crippen molar-refractivity contribution in [3.8, 4) is 0 Å². The Hall–Kier alpha value is -2.16. The van der Waals surface area contributed by atoms with E-state index in [1.165, 1.54) is 0 Å². The van der Waals surface area contributed by atoms with Crippen LogP contribution in [0.4, 0.5) is 5.69 Å². The molecule has 3 nitrogen and oxygen atoms in total. The summed E-state index contributed by atoms with van der Waals surface area (Å²) in [5.74, 6) is 0.0247. The molecule has 1 aromatic carbocycles. The molecule has 0 saturated heterocycles. The maximum Gasteiger partial charge on any atom is 0.258 e. The number of hydrogen-bond acceptors (Lipinski definition) is 2. The molecule has 3 heteroatoms. The number of nitrogens with zero attached hydrogens (tertiary/aromatic N) is 2. The zero-order chi connectivity index (χ0) is 13.8. The molecule has 0 N–H and O–H groups in total. The van der Waals surface area contributed by atoms with Gasteiger partial charge in [0.2, 0.25) is 0 Å². The van der Waals surface area contributed by atoms with Crippen molar-refractivity contribution in [2.24, 2.45) is 0 Å². The molecule has 1 aromatic heterocycles. The van der Waals surface area contributed by atoms with Crippen molar-refractivity contribution in [3.05, 3.63) is 59.4 Å². The Morgan fingerprint density at radius 1 is 1.16 bits per heavy atom. The number of benzene rings is 1. The van der Waals surface area contributed by atoms with Gasteiger partial charge in [-0.1, -0.05) is 18.2 Å². The van der Waals surface area contributed by atoms with Gasteiger partial charge < -0.3 is 4.90 Å². The Morgan fingerprint density at radius 2 is 1.84 bits per heavy atom. The smallest absolute Gasteiger partial charge is 0.258 e. The zero-order valence-corrected chi connectivity index (χ0v) is 11.6. The maximum atomic E-state index is 12.6. The summed E-state index contributed by atoms with van der Waals surface area (Å²) in [6.45, 7) is 6.48. The predicted octanol–water partition coefficient (Wildman–Crippen LogP) is 3.37. The molecule has 2 rings (SSSR count). The Morgan fingerprint density at radius 3 is 2.47 bits per heavy atom. The lowest BCUT2D eigenvalue weighted by Gasteiger charge is -2.22. The highest BCUT2D eigenvalue weighted by Crippen LogP contribution is 2.19. The molecule has 0 aliphatic rings. The lowest BCUT2D eigenvalue weighted by atomic mass is 10.1. The number of anilines is 1. The zero-order valence-electron chi connectivity index (χ0n) is 11.6. The minimum atomic E-state index is 0.0247. The van der Waals surface area contributed by atoms with Gasteiger partial charge in [0.05, 0.1) is 0 Å². The summed E-state index contributed by atoms with van der Waals surface area (Å²) in [5.41, 5.74) is 3.49. The molecule has 98 valence electrons. The molecule has 0 radical (unpaired) electrons. The standard InChI is InChI=1S/C16H18N2O/c1-4-18(14-8-6-5-7-9-14)16(19)15-10-11-17-13(3)12(15)2/h5-11H,4H2,1-3H3. The van der Waals surface area contributed by atoms with E-state index in [2.05, 4.69) is 4.98 Å². The lowest BCUT2D eigenvalue weighted by Crippen LogP contribution is -2.31. The molecule has 0 fully saturated rings. The van der Waals surface area contributed by atoms with E-state index in [1.807, 2.05) is 51.1 Å². The van der Waals surface area contributed by atoms with Gasteiger partial charge in [-0.05, 0) is 44.5 Å². The van der Waals surface area contributed by atoms with Crippen LogP contribution in [0, 0.1) is 13.8 Å². The number of para-hydroxylation sites is 1. The average molecular weight is 254 g/mol. The van der Waals surface area contributed by atoms with E-state index in [9.17, 15) is 4.79 Å². The molecule has 0 atom stereocenters. The van der Waals surface area contributed by atoms with Crippen molar-refractivity contribution >= 4 is 11.6 Å². The van der Waals surface area contributed by atoms with Crippen LogP contribution < -0.4 is 4.90 Å². The molecule has 2 aromatic rings. The summed E-state index contributed by atoms with van der Waals surface area (Å²) in [4.78, 5) is 18.6. The first-order valence-corrected chi connectivity index (χ1v) is 6.44. The van der Waals surface area contributed by atoms with Crippen LogP contribution in [0.5, 0.6) is 0 Å². The molecule has 0 aliphatic heterocycles. The summed E-state index contributed by atoms with van der Waals surface area (Å²) in [6, 6.07) is 11.5. The van der Waals surface area contributed by atoms with Gasteiger partial charge in [0.15, 0.2) is 0 Å². The van der Waals surface area contributed by atoms with Crippen molar-refractivity contribution in [3.63, 3.8) is 0 Å². The van der Waals surface area contributed by atoms with Gasteiger partial charge in [-0.25, -0.2) is 0 Å². The molecule has 1 amide bonds. The minimum Gasteiger partial charge on any atom is -0.309 e. The highest BCUT2D eigenvalue weighted by atomic mass is 16.2. The third-order valence-corrected chi connectivity index (χ3v) is 3.32. The molecular weight excluding hydrogens is 236 g/mol. The van der Waals surface area contributed by atoms with Crippen molar-refractivity contribution < 1.29 is 4.79 Å². The van der Waals surface area contributed by atoms with Crippen molar-refractivity contribution in [1.82, 2.24) is 4.98 Å². The molecule has 0 unspecified atom stereocenters. The molecule has 1 heterocycles. The van der Waals surface area contributed by atoms with Crippen LogP contribution in [0.15, 0.2) is 42.6 Å². The van der Waals surface area contributed by atoms with Crippen LogP contribution in [0.2, 0.25) is 0 Å². The summed E-state index contributed by atoms with van der Waals surface area (Å²) in [6.07, 6.45) is 1.69. The number of rotatable bonds is 3. The molecule has 0 saturated carbocycles. The van der Waals surface area contributed by atoms with E-state index >= 15 is 0 Å². The number of amides is 1. The van der Waals surface area contributed by atoms with E-state index in [0.717, 1.165) is 22.5 Å². The Bertz CT molecular complexity index is 579. The first-order valence-electron chi connectivity index (χ1n) is 6.44. The van der Waals surface area contributed by atoms with Crippen LogP contribution in [0.3, 0.4) is 0 Å². The van der Waals surface area contributed by atoms with Gasteiger partial charge >= 0.3 is 0 Å². The highest BCUT2D eigenvalue weighted by Gasteiger charge is 2.18. The highest BCUT2D eigenvalue weighted by molar-refractivity contribution is 6.07. The largest absolute Gasteiger partial charge is 0.309 e. The summed E-state index contributed by atoms with van der Waals surface area (Å²) in [5, 5.41) is 0. The van der Waals surface area contributed by atoms with E-state index in [-0.39, 0.29) is 5.91 Å². The van der Waals surface area contributed by atoms with Gasteiger partial charge in [0, 0.05) is 29.7 Å². The predicted molar refractivity (Wildman–Crippen MR) is 77.5 cm³/mol. The topological polar surface area (TPSA) is 33.2 Å². The van der Waals surface area contributed by atoms with Gasteiger partial charge in [-0.2, -0.15) is 0 Å². The Balaban J connectivity index is 2.39. The van der Waals surface area contributed by atoms with Crippen LogP contribution in [0.1, 0.15) is 28.5 Å². The maximum absolute atomic E-state index is 12.6. The second-order valence-corrected chi connectivity index (χ2v) is 4.45. The van der Waals surface area contributed by atoms with Gasteiger partial charge in [-0.3, -0.25) is 9.78 Å². The number of pyridine rings is 1. The molecular formula is C16H18N2O. The van der Waals surface area contributed by atoms with Crippen molar-refractivity contribution in [2.75, 3.05) is 11.4 Å². The SMILES string of the molecule is CCN(C(=O)c1ccnc(C)c1C)c1ccccc1. The second kappa shape index (κ2) is 5.65. The van der Waals surface area contributed by atoms with Gasteiger partial charge in [0.1, 0.15) is 0 Å². The third kappa shape index (κ3) is 2.65. The van der Waals surface area contributed by atoms with Crippen molar-refractivity contribution in [2.45, 2.75) is 20.8 Å². The van der Waals surface area contributed by atoms with E-state index in [4.69, 9.17) is 0 Å². The summed E-state index contributed by atoms with van der Waals surface area (Å²) in [7, 11) is 0. The second-order valence-electron chi connectivity index (χ2n) is 4.45. The van der Waals surface area contributed by atoms with Crippen LogP contribution in [-0.4, -0.2) is 17.4 Å². The van der Waals surface area contributed by atoms with Crippen LogP contribution >= 0.6 is 0 Å². The Labute approximate surface area is 113 Å². The molecule has 0 bridgehead atoms. The fourth-order valence-electron chi connectivity index (χ4n) is 2.07. The number of carbonyl (C=O) groups excluding carboxylic acids is 1. The van der Waals surface area contributed by atoms with Gasteiger partial charge in [0.25, 0.3) is 5.91 Å². The summed E-state index contributed by atoms with van der Waals surface area (Å²) < 4.78 is 0. The van der Waals surface area contributed by atoms with E-state index in [0.29, 0.717) is 6.54 Å². The number of aromatic nitrogens is 1. The first-order chi connectivity index (χ1) is 9.15. The molecule has 0 aliphatic carbocycles. The average Bonchev–Trinajstić information content (AvgIpc) is 2.44. The normalized spacial score (nSPS) is 10.3. The van der Waals surface area contributed by atoms with Gasteiger partial charge in [-0.15, -0.1) is 0 Å². The fourth-order valence-corrected chi connectivity index (χ4v) is 2.07. The number of hydrogen-bond donors (Lipinski definition) is 0. The first kappa shape index (κ1) is 13.3. The minimum absolute atomic E-state index is 0.0247. The monoisotopic (exact) mass is 254 g/mol. The van der Waals surface area contributed by atoms with E-state index < -0.39 is 0 Å². The number of carbonyl (C=O) groups is 1. The lowest BCUT2D eigenvalue weighted by molar-refractivity contribution is 0.0987. The summed E-state index contributed by atoms with van der Waals surface area (Å²) >= 11 is 0.